The first-order valence-corrected chi connectivity index (χ1v) is 12.2. The quantitative estimate of drug-likeness (QED) is 0.132. The van der Waals surface area contributed by atoms with Crippen LogP contribution in [-0.4, -0.2) is 12.1 Å². The van der Waals surface area contributed by atoms with E-state index in [1.54, 1.807) is 25.1 Å². The number of fused-ring (bicyclic) bond motifs is 1. The predicted octanol–water partition coefficient (Wildman–Crippen LogP) is 8.62. The summed E-state index contributed by atoms with van der Waals surface area (Å²) in [6, 6.07) is 31.1. The van der Waals surface area contributed by atoms with Crippen LogP contribution in [0.2, 0.25) is 0 Å². The Morgan fingerprint density at radius 1 is 0.757 bits per heavy atom. The van der Waals surface area contributed by atoms with E-state index in [4.69, 9.17) is 4.42 Å². The van der Waals surface area contributed by atoms with Crippen molar-refractivity contribution in [3.05, 3.63) is 131 Å². The van der Waals surface area contributed by atoms with Crippen molar-refractivity contribution in [3.8, 4) is 0 Å². The summed E-state index contributed by atoms with van der Waals surface area (Å²) in [5.41, 5.74) is 5.80. The maximum Gasteiger partial charge on any atom is 0.205 e. The molecule has 5 rings (SSSR count). The van der Waals surface area contributed by atoms with Gasteiger partial charge < -0.3 is 4.42 Å². The third-order valence-electron chi connectivity index (χ3n) is 6.57. The number of para-hydroxylation sites is 2. The second kappa shape index (κ2) is 10.1. The molecule has 0 bridgehead atoms. The maximum absolute atomic E-state index is 13.5. The molecule has 0 atom stereocenters. The van der Waals surface area contributed by atoms with Crippen molar-refractivity contribution in [2.24, 2.45) is 0 Å². The van der Waals surface area contributed by atoms with Gasteiger partial charge in [-0.25, -0.2) is 0 Å². The molecule has 0 aliphatic carbocycles. The van der Waals surface area contributed by atoms with Crippen LogP contribution in [0.5, 0.6) is 0 Å². The first-order valence-electron chi connectivity index (χ1n) is 12.2. The number of hydrogen-bond donors (Lipinski definition) is 0. The van der Waals surface area contributed by atoms with Crippen LogP contribution in [-0.2, 0) is 0 Å². The van der Waals surface area contributed by atoms with E-state index in [0.29, 0.717) is 33.7 Å². The van der Waals surface area contributed by atoms with Crippen molar-refractivity contribution >= 4 is 46.2 Å². The molecule has 0 unspecified atom stereocenters. The summed E-state index contributed by atoms with van der Waals surface area (Å²) in [4.78, 5) is 27.2. The Balaban J connectivity index is 1.54. The predicted molar refractivity (Wildman–Crippen MR) is 150 cm³/mol. The molecule has 37 heavy (non-hydrogen) atoms. The molecule has 1 heterocycles. The summed E-state index contributed by atoms with van der Waals surface area (Å²) < 4.78 is 6.29. The maximum atomic E-state index is 13.5. The number of aryl methyl sites for hydroxylation is 2. The lowest BCUT2D eigenvalue weighted by atomic mass is 9.94. The van der Waals surface area contributed by atoms with E-state index in [0.717, 1.165) is 34.2 Å². The number of allylic oxidation sites excluding steroid dienone is 1. The van der Waals surface area contributed by atoms with Gasteiger partial charge in [-0.1, -0.05) is 72.8 Å². The number of furan rings is 1. The average Bonchev–Trinajstić information content (AvgIpc) is 3.37. The fourth-order valence-corrected chi connectivity index (χ4v) is 4.68. The van der Waals surface area contributed by atoms with Gasteiger partial charge in [0.25, 0.3) is 0 Å². The summed E-state index contributed by atoms with van der Waals surface area (Å²) in [5, 5.41) is 1.53. The van der Waals surface area contributed by atoms with Crippen molar-refractivity contribution in [1.82, 2.24) is 0 Å². The molecular formula is C33H27NO3. The molecule has 182 valence electrons. The van der Waals surface area contributed by atoms with E-state index in [1.165, 1.54) is 0 Å². The molecule has 0 aliphatic heterocycles. The van der Waals surface area contributed by atoms with Crippen LogP contribution in [0.1, 0.15) is 44.5 Å². The summed E-state index contributed by atoms with van der Waals surface area (Å²) >= 11 is 0. The average molecular weight is 486 g/mol. The van der Waals surface area contributed by atoms with Crippen molar-refractivity contribution < 1.29 is 14.0 Å². The fourth-order valence-electron chi connectivity index (χ4n) is 4.68. The van der Waals surface area contributed by atoms with E-state index in [9.17, 15) is 9.59 Å². The summed E-state index contributed by atoms with van der Waals surface area (Å²) in [5.74, 6) is 1.08. The number of nitrogens with zero attached hydrogens (tertiary/aromatic N) is 1. The van der Waals surface area contributed by atoms with E-state index in [1.807, 2.05) is 60.7 Å². The summed E-state index contributed by atoms with van der Waals surface area (Å²) in [7, 11) is 0. The van der Waals surface area contributed by atoms with Gasteiger partial charge in [0, 0.05) is 28.2 Å². The van der Waals surface area contributed by atoms with E-state index < -0.39 is 0 Å². The lowest BCUT2D eigenvalue weighted by Crippen LogP contribution is -2.11. The lowest BCUT2D eigenvalue weighted by Gasteiger charge is -2.25. The number of benzene rings is 4. The number of carbonyl (C=O) groups is 2. The Labute approximate surface area is 216 Å². The zero-order valence-corrected chi connectivity index (χ0v) is 21.1. The monoisotopic (exact) mass is 485 g/mol. The van der Waals surface area contributed by atoms with Crippen molar-refractivity contribution in [3.63, 3.8) is 0 Å². The minimum absolute atomic E-state index is 0.146. The third-order valence-corrected chi connectivity index (χ3v) is 6.57. The van der Waals surface area contributed by atoms with Gasteiger partial charge in [0.15, 0.2) is 12.1 Å². The first kappa shape index (κ1) is 24.0. The minimum atomic E-state index is -0.146. The zero-order valence-electron chi connectivity index (χ0n) is 21.1. The smallest absolute Gasteiger partial charge is 0.205 e. The molecule has 4 heteroatoms. The standard InChI is InChI=1S/C33H27NO3/c1-22-10-4-6-16-29(22)34(30-17-7-5-11-23(30)2)31-19-18-27(37-31)20-24(3)33(36)28-15-9-13-25-12-8-14-26(21-35)32(25)28/h4-21H,1-3H3/b24-20-. The number of ketones is 1. The Morgan fingerprint density at radius 3 is 2.00 bits per heavy atom. The lowest BCUT2D eigenvalue weighted by molar-refractivity contribution is 0.103. The zero-order chi connectivity index (χ0) is 25.9. The first-order chi connectivity index (χ1) is 18.0. The minimum Gasteiger partial charge on any atom is -0.440 e. The second-order valence-corrected chi connectivity index (χ2v) is 9.11. The molecule has 0 aliphatic rings. The topological polar surface area (TPSA) is 50.5 Å². The molecule has 0 radical (unpaired) electrons. The van der Waals surface area contributed by atoms with Gasteiger partial charge >= 0.3 is 0 Å². The van der Waals surface area contributed by atoms with Crippen LogP contribution < -0.4 is 4.90 Å². The van der Waals surface area contributed by atoms with Gasteiger partial charge in [-0.15, -0.1) is 0 Å². The highest BCUT2D eigenvalue weighted by Gasteiger charge is 2.20. The number of hydrogen-bond acceptors (Lipinski definition) is 4. The molecule has 0 saturated carbocycles. The highest BCUT2D eigenvalue weighted by atomic mass is 16.4. The normalized spacial score (nSPS) is 11.5. The molecule has 0 amide bonds. The van der Waals surface area contributed by atoms with Crippen LogP contribution in [0, 0.1) is 13.8 Å². The molecule has 4 aromatic carbocycles. The number of carbonyl (C=O) groups excluding carboxylic acids is 2. The molecular weight excluding hydrogens is 458 g/mol. The van der Waals surface area contributed by atoms with Gasteiger partial charge in [0.05, 0.1) is 11.4 Å². The second-order valence-electron chi connectivity index (χ2n) is 9.11. The molecule has 0 saturated heterocycles. The molecule has 0 fully saturated rings. The SMILES string of the molecule is C/C(=C/c1ccc(N(c2ccccc2C)c2ccccc2C)o1)C(=O)c1cccc2cccc(C=O)c12. The van der Waals surface area contributed by atoms with Crippen LogP contribution >= 0.6 is 0 Å². The van der Waals surface area contributed by atoms with Crippen LogP contribution in [0.15, 0.2) is 107 Å². The largest absolute Gasteiger partial charge is 0.440 e. The van der Waals surface area contributed by atoms with Gasteiger partial charge in [-0.05, 0) is 61.6 Å². The third kappa shape index (κ3) is 4.62. The molecule has 4 nitrogen and oxygen atoms in total. The number of rotatable bonds is 7. The van der Waals surface area contributed by atoms with Gasteiger partial charge in [-0.3, -0.25) is 14.5 Å². The van der Waals surface area contributed by atoms with Crippen LogP contribution in [0.3, 0.4) is 0 Å². The summed E-state index contributed by atoms with van der Waals surface area (Å²) in [6.45, 7) is 5.92. The summed E-state index contributed by atoms with van der Waals surface area (Å²) in [6.07, 6.45) is 2.55. The fraction of sp³-hybridized carbons (Fsp3) is 0.0909. The molecule has 0 N–H and O–H groups in total. The number of Topliss-reactive ketones (excluding diaryl/α,β-unsaturated/α-hetero) is 1. The Bertz CT molecular complexity index is 1610. The molecule has 5 aromatic rings. The van der Waals surface area contributed by atoms with E-state index in [-0.39, 0.29) is 5.78 Å². The number of aldehydes is 1. The van der Waals surface area contributed by atoms with Gasteiger partial charge in [0.2, 0.25) is 5.88 Å². The highest BCUT2D eigenvalue weighted by Crippen LogP contribution is 2.39. The Hall–Kier alpha value is -4.70. The highest BCUT2D eigenvalue weighted by molar-refractivity contribution is 6.20. The van der Waals surface area contributed by atoms with E-state index in [2.05, 4.69) is 43.0 Å². The van der Waals surface area contributed by atoms with Gasteiger partial charge in [-0.2, -0.15) is 0 Å². The van der Waals surface area contributed by atoms with Gasteiger partial charge in [0.1, 0.15) is 5.76 Å². The van der Waals surface area contributed by atoms with Crippen molar-refractivity contribution in [1.29, 1.82) is 0 Å². The molecule has 1 aromatic heterocycles. The van der Waals surface area contributed by atoms with Crippen molar-refractivity contribution in [2.45, 2.75) is 20.8 Å². The molecule has 0 spiro atoms. The van der Waals surface area contributed by atoms with Crippen LogP contribution in [0.4, 0.5) is 17.3 Å². The Kier molecular flexibility index (Phi) is 6.57. The van der Waals surface area contributed by atoms with Crippen LogP contribution in [0.25, 0.3) is 16.8 Å². The number of anilines is 3. The van der Waals surface area contributed by atoms with Crippen molar-refractivity contribution in [2.75, 3.05) is 4.90 Å². The Morgan fingerprint density at radius 2 is 1.38 bits per heavy atom. The van der Waals surface area contributed by atoms with E-state index >= 15 is 0 Å².